The Hall–Kier alpha value is -2.62. The first-order valence-electron chi connectivity index (χ1n) is 10.2. The minimum absolute atomic E-state index is 0.0451. The lowest BCUT2D eigenvalue weighted by atomic mass is 9.87. The lowest BCUT2D eigenvalue weighted by Crippen LogP contribution is -2.13. The molecule has 0 saturated carbocycles. The largest absolute Gasteiger partial charge is 0.478 e. The number of hydrazone groups is 1. The summed E-state index contributed by atoms with van der Waals surface area (Å²) in [5.74, 6) is -0.963. The van der Waals surface area contributed by atoms with Crippen LogP contribution in [0.5, 0.6) is 0 Å². The third-order valence-corrected chi connectivity index (χ3v) is 4.05. The van der Waals surface area contributed by atoms with Crippen LogP contribution < -0.4 is 5.43 Å². The number of anilines is 1. The molecule has 0 saturated heterocycles. The molecule has 0 spiro atoms. The number of nitrogens with one attached hydrogen (secondary N) is 1. The summed E-state index contributed by atoms with van der Waals surface area (Å²) < 4.78 is 0. The Morgan fingerprint density at radius 1 is 0.929 bits per heavy atom. The highest BCUT2D eigenvalue weighted by Gasteiger charge is 2.33. The maximum atomic E-state index is 11.2. The number of nitrogens with zero attached hydrogens (tertiary/aromatic N) is 1. The Morgan fingerprint density at radius 2 is 1.46 bits per heavy atom. The number of carboxylic acids is 1. The number of hydrogen-bond acceptors (Lipinski definition) is 3. The van der Waals surface area contributed by atoms with Crippen molar-refractivity contribution in [2.45, 2.75) is 67.2 Å². The Morgan fingerprint density at radius 3 is 2.07 bits per heavy atom. The summed E-state index contributed by atoms with van der Waals surface area (Å²) in [5, 5.41) is 13.7. The van der Waals surface area contributed by atoms with E-state index in [1.807, 2.05) is 53.7 Å². The van der Waals surface area contributed by atoms with Gasteiger partial charge in [-0.1, -0.05) is 91.8 Å². The zero-order valence-electron chi connectivity index (χ0n) is 18.6. The van der Waals surface area contributed by atoms with Gasteiger partial charge < -0.3 is 5.11 Å². The molecular formula is C24H36N2O2. The molecule has 4 nitrogen and oxygen atoms in total. The predicted octanol–water partition coefficient (Wildman–Crippen LogP) is 6.96. The smallest absolute Gasteiger partial charge is 0.337 e. The van der Waals surface area contributed by atoms with Gasteiger partial charge in [-0.3, -0.25) is 5.43 Å². The topological polar surface area (TPSA) is 61.7 Å². The summed E-state index contributed by atoms with van der Waals surface area (Å²) in [5.41, 5.74) is 7.06. The van der Waals surface area contributed by atoms with Crippen molar-refractivity contribution in [2.75, 3.05) is 5.43 Å². The fraction of sp³-hybridized carbons (Fsp3) is 0.417. The van der Waals surface area contributed by atoms with E-state index >= 15 is 0 Å². The van der Waals surface area contributed by atoms with Crippen LogP contribution in [-0.4, -0.2) is 16.8 Å². The lowest BCUT2D eigenvalue weighted by Gasteiger charge is -2.17. The van der Waals surface area contributed by atoms with Crippen molar-refractivity contribution in [3.8, 4) is 0 Å². The highest BCUT2D eigenvalue weighted by molar-refractivity contribution is 6.06. The SMILES string of the molecule is CC.CC.CC.CC1(C)C/C(=N/Nc2ccccc2C(=O)O)c2ccccc21. The predicted molar refractivity (Wildman–Crippen MR) is 122 cm³/mol. The molecule has 1 aliphatic rings. The van der Waals surface area contributed by atoms with Crippen LogP contribution in [0.1, 0.15) is 83.3 Å². The van der Waals surface area contributed by atoms with Crippen molar-refractivity contribution in [1.82, 2.24) is 0 Å². The molecule has 0 amide bonds. The fourth-order valence-corrected chi connectivity index (χ4v) is 2.93. The normalized spacial score (nSPS) is 14.2. The molecule has 3 rings (SSSR count). The molecule has 0 fully saturated rings. The van der Waals surface area contributed by atoms with Crippen LogP contribution in [0.3, 0.4) is 0 Å². The van der Waals surface area contributed by atoms with Crippen LogP contribution >= 0.6 is 0 Å². The second-order valence-corrected chi connectivity index (χ2v) is 6.13. The lowest BCUT2D eigenvalue weighted by molar-refractivity contribution is 0.0698. The highest BCUT2D eigenvalue weighted by atomic mass is 16.4. The van der Waals surface area contributed by atoms with E-state index in [0.29, 0.717) is 5.69 Å². The summed E-state index contributed by atoms with van der Waals surface area (Å²) >= 11 is 0. The van der Waals surface area contributed by atoms with E-state index in [-0.39, 0.29) is 11.0 Å². The second-order valence-electron chi connectivity index (χ2n) is 6.13. The third-order valence-electron chi connectivity index (χ3n) is 4.05. The van der Waals surface area contributed by atoms with Crippen molar-refractivity contribution >= 4 is 17.4 Å². The van der Waals surface area contributed by atoms with E-state index in [0.717, 1.165) is 17.7 Å². The van der Waals surface area contributed by atoms with Gasteiger partial charge in [0.25, 0.3) is 0 Å². The van der Waals surface area contributed by atoms with E-state index in [1.54, 1.807) is 24.3 Å². The zero-order chi connectivity index (χ0) is 21.7. The molecule has 0 atom stereocenters. The Balaban J connectivity index is 0.00000111. The van der Waals surface area contributed by atoms with Crippen LogP contribution in [-0.2, 0) is 5.41 Å². The zero-order valence-corrected chi connectivity index (χ0v) is 18.6. The van der Waals surface area contributed by atoms with Gasteiger partial charge in [0.2, 0.25) is 0 Å². The number of carbonyl (C=O) groups is 1. The van der Waals surface area contributed by atoms with Crippen LogP contribution in [0.4, 0.5) is 5.69 Å². The van der Waals surface area contributed by atoms with Gasteiger partial charge in [-0.2, -0.15) is 5.10 Å². The molecule has 0 heterocycles. The molecule has 0 bridgehead atoms. The second kappa shape index (κ2) is 12.7. The molecule has 2 aromatic carbocycles. The summed E-state index contributed by atoms with van der Waals surface area (Å²) in [6, 6.07) is 15.0. The van der Waals surface area contributed by atoms with Gasteiger partial charge in [0, 0.05) is 12.0 Å². The van der Waals surface area contributed by atoms with Crippen molar-refractivity contribution in [1.29, 1.82) is 0 Å². The average molecular weight is 385 g/mol. The number of hydrogen-bond donors (Lipinski definition) is 2. The summed E-state index contributed by atoms with van der Waals surface area (Å²) in [6.45, 7) is 16.4. The molecule has 28 heavy (non-hydrogen) atoms. The Labute approximate surface area is 170 Å². The number of carboxylic acid groups (broad SMARTS) is 1. The number of fused-ring (bicyclic) bond motifs is 1. The van der Waals surface area contributed by atoms with Crippen LogP contribution in [0, 0.1) is 0 Å². The number of rotatable bonds is 3. The summed E-state index contributed by atoms with van der Waals surface area (Å²) in [4.78, 5) is 11.2. The van der Waals surface area contributed by atoms with Gasteiger partial charge in [-0.15, -0.1) is 0 Å². The maximum absolute atomic E-state index is 11.2. The number of aromatic carboxylic acids is 1. The van der Waals surface area contributed by atoms with Gasteiger partial charge in [0.05, 0.1) is 17.0 Å². The van der Waals surface area contributed by atoms with Gasteiger partial charge in [0.15, 0.2) is 0 Å². The van der Waals surface area contributed by atoms with E-state index in [9.17, 15) is 9.90 Å². The standard InChI is InChI=1S/C18H18N2O2.3C2H6/c1-18(2)11-16(12-7-3-5-9-14(12)18)20-19-15-10-6-4-8-13(15)17(21)22;3*1-2/h3-10,19H,11H2,1-2H3,(H,21,22);3*1-2H3/b20-16-;;;. The average Bonchev–Trinajstić information content (AvgIpc) is 3.01. The van der Waals surface area contributed by atoms with E-state index in [2.05, 4.69) is 36.5 Å². The molecule has 1 aliphatic carbocycles. The van der Waals surface area contributed by atoms with Gasteiger partial charge >= 0.3 is 5.97 Å². The molecule has 0 aromatic heterocycles. The minimum atomic E-state index is -0.963. The maximum Gasteiger partial charge on any atom is 0.337 e. The molecule has 2 N–H and O–H groups in total. The molecule has 4 heteroatoms. The van der Waals surface area contributed by atoms with Crippen molar-refractivity contribution in [3.63, 3.8) is 0 Å². The highest BCUT2D eigenvalue weighted by Crippen LogP contribution is 2.38. The fourth-order valence-electron chi connectivity index (χ4n) is 2.93. The molecule has 154 valence electrons. The van der Waals surface area contributed by atoms with Gasteiger partial charge in [-0.05, 0) is 23.1 Å². The summed E-state index contributed by atoms with van der Waals surface area (Å²) in [6.07, 6.45) is 0.828. The number of benzene rings is 2. The van der Waals surface area contributed by atoms with Gasteiger partial charge in [0.1, 0.15) is 0 Å². The van der Waals surface area contributed by atoms with E-state index in [4.69, 9.17) is 0 Å². The molecular weight excluding hydrogens is 348 g/mol. The Bertz CT molecular complexity index is 765. The Kier molecular flexibility index (Phi) is 11.5. The molecule has 0 radical (unpaired) electrons. The van der Waals surface area contributed by atoms with Crippen LogP contribution in [0.25, 0.3) is 0 Å². The molecule has 2 aromatic rings. The first-order valence-corrected chi connectivity index (χ1v) is 10.2. The first-order chi connectivity index (χ1) is 13.5. The van der Waals surface area contributed by atoms with Crippen molar-refractivity contribution < 1.29 is 9.90 Å². The van der Waals surface area contributed by atoms with E-state index < -0.39 is 5.97 Å². The third kappa shape index (κ3) is 6.22. The molecule has 0 unspecified atom stereocenters. The van der Waals surface area contributed by atoms with E-state index in [1.165, 1.54) is 5.56 Å². The van der Waals surface area contributed by atoms with Gasteiger partial charge in [-0.25, -0.2) is 4.79 Å². The first kappa shape index (κ1) is 25.4. The summed E-state index contributed by atoms with van der Waals surface area (Å²) in [7, 11) is 0. The monoisotopic (exact) mass is 384 g/mol. The van der Waals surface area contributed by atoms with Crippen LogP contribution in [0.15, 0.2) is 53.6 Å². The quantitative estimate of drug-likeness (QED) is 0.562. The number of para-hydroxylation sites is 1. The molecule has 0 aliphatic heterocycles. The van der Waals surface area contributed by atoms with Crippen molar-refractivity contribution in [2.24, 2.45) is 5.10 Å². The minimum Gasteiger partial charge on any atom is -0.478 e. The van der Waals surface area contributed by atoms with Crippen molar-refractivity contribution in [3.05, 3.63) is 65.2 Å². The van der Waals surface area contributed by atoms with Crippen LogP contribution in [0.2, 0.25) is 0 Å².